The van der Waals surface area contributed by atoms with Crippen LogP contribution in [0.25, 0.3) is 0 Å². The normalized spacial score (nSPS) is 21.8. The highest BCUT2D eigenvalue weighted by molar-refractivity contribution is 9.13. The maximum atomic E-state index is 4.46. The summed E-state index contributed by atoms with van der Waals surface area (Å²) in [4.78, 5) is 6.85. The fraction of sp³-hybridized carbons (Fsp3) is 0.545. The van der Waals surface area contributed by atoms with Gasteiger partial charge in [-0.3, -0.25) is 0 Å². The lowest BCUT2D eigenvalue weighted by Gasteiger charge is -2.34. The van der Waals surface area contributed by atoms with Crippen LogP contribution in [0.3, 0.4) is 0 Å². The lowest BCUT2D eigenvalue weighted by atomic mass is 10.0. The molecule has 0 radical (unpaired) electrons. The van der Waals surface area contributed by atoms with E-state index in [4.69, 9.17) is 0 Å². The molecule has 1 atom stereocenters. The number of hydrogen-bond donors (Lipinski definition) is 0. The minimum Gasteiger partial charge on any atom is -0.354 e. The van der Waals surface area contributed by atoms with Crippen LogP contribution in [0, 0.1) is 0 Å². The Morgan fingerprint density at radius 3 is 2.80 bits per heavy atom. The monoisotopic (exact) mass is 332 g/mol. The van der Waals surface area contributed by atoms with Gasteiger partial charge in [0.25, 0.3) is 0 Å². The zero-order valence-corrected chi connectivity index (χ0v) is 11.9. The third kappa shape index (κ3) is 2.53. The molecule has 1 aliphatic heterocycles. The molecule has 1 fully saturated rings. The summed E-state index contributed by atoms with van der Waals surface area (Å²) in [6, 6.07) is 2.70. The summed E-state index contributed by atoms with van der Waals surface area (Å²) in [6.07, 6.45) is 5.76. The van der Waals surface area contributed by atoms with Gasteiger partial charge in [0, 0.05) is 23.3 Å². The average Bonchev–Trinajstić information content (AvgIpc) is 2.23. The van der Waals surface area contributed by atoms with E-state index in [9.17, 15) is 0 Å². The van der Waals surface area contributed by atoms with Crippen LogP contribution in [0.1, 0.15) is 26.2 Å². The maximum absolute atomic E-state index is 4.46. The van der Waals surface area contributed by atoms with Crippen LogP contribution in [0.5, 0.6) is 0 Å². The summed E-state index contributed by atoms with van der Waals surface area (Å²) in [5.41, 5.74) is 0. The summed E-state index contributed by atoms with van der Waals surface area (Å²) in [5.74, 6) is 1.08. The topological polar surface area (TPSA) is 16.1 Å². The van der Waals surface area contributed by atoms with Crippen LogP contribution >= 0.6 is 31.9 Å². The van der Waals surface area contributed by atoms with E-state index >= 15 is 0 Å². The van der Waals surface area contributed by atoms with Crippen molar-refractivity contribution < 1.29 is 0 Å². The smallest absolute Gasteiger partial charge is 0.129 e. The van der Waals surface area contributed by atoms with Gasteiger partial charge in [-0.2, -0.15) is 0 Å². The van der Waals surface area contributed by atoms with Crippen molar-refractivity contribution in [3.8, 4) is 0 Å². The number of pyridine rings is 1. The standard InChI is InChI=1S/C11H14Br2N2/c1-8-4-2-3-5-15(8)11-6-9(12)10(13)7-14-11/h6-8H,2-5H2,1H3. The highest BCUT2D eigenvalue weighted by Crippen LogP contribution is 2.29. The lowest BCUT2D eigenvalue weighted by molar-refractivity contribution is 0.481. The molecule has 1 aromatic rings. The molecule has 2 heterocycles. The van der Waals surface area contributed by atoms with Crippen molar-refractivity contribution in [2.45, 2.75) is 32.2 Å². The van der Waals surface area contributed by atoms with Gasteiger partial charge >= 0.3 is 0 Å². The number of rotatable bonds is 1. The number of hydrogen-bond acceptors (Lipinski definition) is 2. The molecule has 2 nitrogen and oxygen atoms in total. The van der Waals surface area contributed by atoms with Crippen molar-refractivity contribution >= 4 is 37.7 Å². The molecule has 0 amide bonds. The average molecular weight is 334 g/mol. The van der Waals surface area contributed by atoms with Crippen molar-refractivity contribution in [1.82, 2.24) is 4.98 Å². The molecule has 2 rings (SSSR count). The maximum Gasteiger partial charge on any atom is 0.129 e. The molecule has 1 saturated heterocycles. The highest BCUT2D eigenvalue weighted by atomic mass is 79.9. The number of piperidine rings is 1. The Labute approximate surface area is 107 Å². The summed E-state index contributed by atoms with van der Waals surface area (Å²) in [6.45, 7) is 3.40. The van der Waals surface area contributed by atoms with Crippen LogP contribution in [-0.4, -0.2) is 17.6 Å². The first-order chi connectivity index (χ1) is 7.18. The first-order valence-corrected chi connectivity index (χ1v) is 6.85. The molecular formula is C11H14Br2N2. The van der Waals surface area contributed by atoms with Crippen molar-refractivity contribution in [3.63, 3.8) is 0 Å². The van der Waals surface area contributed by atoms with E-state index in [0.29, 0.717) is 6.04 Å². The van der Waals surface area contributed by atoms with E-state index in [0.717, 1.165) is 21.3 Å². The number of halogens is 2. The molecule has 15 heavy (non-hydrogen) atoms. The van der Waals surface area contributed by atoms with Gasteiger partial charge in [0.05, 0.1) is 4.47 Å². The van der Waals surface area contributed by atoms with E-state index < -0.39 is 0 Å². The first-order valence-electron chi connectivity index (χ1n) is 5.26. The van der Waals surface area contributed by atoms with Gasteiger partial charge in [-0.1, -0.05) is 0 Å². The molecule has 1 unspecified atom stereocenters. The Morgan fingerprint density at radius 2 is 2.13 bits per heavy atom. The molecule has 0 saturated carbocycles. The van der Waals surface area contributed by atoms with Gasteiger partial charge in [0.2, 0.25) is 0 Å². The summed E-state index contributed by atoms with van der Waals surface area (Å²) >= 11 is 6.96. The van der Waals surface area contributed by atoms with Crippen LogP contribution < -0.4 is 4.90 Å². The van der Waals surface area contributed by atoms with Gasteiger partial charge in [-0.15, -0.1) is 0 Å². The fourth-order valence-corrected chi connectivity index (χ4v) is 2.52. The van der Waals surface area contributed by atoms with E-state index in [1.807, 2.05) is 6.20 Å². The van der Waals surface area contributed by atoms with Crippen LogP contribution in [-0.2, 0) is 0 Å². The Kier molecular flexibility index (Phi) is 3.67. The fourth-order valence-electron chi connectivity index (χ4n) is 2.00. The lowest BCUT2D eigenvalue weighted by Crippen LogP contribution is -2.37. The second kappa shape index (κ2) is 4.83. The summed E-state index contributed by atoms with van der Waals surface area (Å²) < 4.78 is 2.08. The summed E-state index contributed by atoms with van der Waals surface area (Å²) in [5, 5.41) is 0. The SMILES string of the molecule is CC1CCCCN1c1cc(Br)c(Br)cn1. The Bertz CT molecular complexity index is 354. The Hall–Kier alpha value is -0.0900. The largest absolute Gasteiger partial charge is 0.354 e. The zero-order chi connectivity index (χ0) is 10.8. The molecular weight excluding hydrogens is 320 g/mol. The number of aromatic nitrogens is 1. The summed E-state index contributed by atoms with van der Waals surface area (Å²) in [7, 11) is 0. The van der Waals surface area contributed by atoms with E-state index in [1.54, 1.807) is 0 Å². The van der Waals surface area contributed by atoms with Crippen molar-refractivity contribution in [2.75, 3.05) is 11.4 Å². The molecule has 0 aromatic carbocycles. The molecule has 4 heteroatoms. The Balaban J connectivity index is 2.24. The van der Waals surface area contributed by atoms with E-state index in [-0.39, 0.29) is 0 Å². The number of nitrogens with zero attached hydrogens (tertiary/aromatic N) is 2. The van der Waals surface area contributed by atoms with E-state index in [1.165, 1.54) is 19.3 Å². The molecule has 1 aliphatic rings. The van der Waals surface area contributed by atoms with Gasteiger partial charge in [-0.05, 0) is 64.1 Å². The predicted molar refractivity (Wildman–Crippen MR) is 70.3 cm³/mol. The molecule has 0 spiro atoms. The van der Waals surface area contributed by atoms with Gasteiger partial charge < -0.3 is 4.90 Å². The predicted octanol–water partition coefficient (Wildman–Crippen LogP) is 3.99. The molecule has 0 aliphatic carbocycles. The van der Waals surface area contributed by atoms with Gasteiger partial charge in [0.15, 0.2) is 0 Å². The van der Waals surface area contributed by atoms with Crippen LogP contribution in [0.4, 0.5) is 5.82 Å². The van der Waals surface area contributed by atoms with Crippen molar-refractivity contribution in [2.24, 2.45) is 0 Å². The van der Waals surface area contributed by atoms with Crippen LogP contribution in [0.15, 0.2) is 21.2 Å². The van der Waals surface area contributed by atoms with Crippen molar-refractivity contribution in [1.29, 1.82) is 0 Å². The first kappa shape index (κ1) is 11.4. The molecule has 1 aromatic heterocycles. The van der Waals surface area contributed by atoms with Crippen LogP contribution in [0.2, 0.25) is 0 Å². The second-order valence-electron chi connectivity index (χ2n) is 3.99. The second-order valence-corrected chi connectivity index (χ2v) is 5.70. The molecule has 0 N–H and O–H groups in total. The Morgan fingerprint density at radius 1 is 1.33 bits per heavy atom. The van der Waals surface area contributed by atoms with Gasteiger partial charge in [-0.25, -0.2) is 4.98 Å². The van der Waals surface area contributed by atoms with Crippen molar-refractivity contribution in [3.05, 3.63) is 21.2 Å². The van der Waals surface area contributed by atoms with Gasteiger partial charge in [0.1, 0.15) is 5.82 Å². The zero-order valence-electron chi connectivity index (χ0n) is 8.71. The quantitative estimate of drug-likeness (QED) is 0.772. The molecule has 82 valence electrons. The minimum absolute atomic E-state index is 0.610. The minimum atomic E-state index is 0.610. The third-order valence-electron chi connectivity index (χ3n) is 2.89. The highest BCUT2D eigenvalue weighted by Gasteiger charge is 2.19. The van der Waals surface area contributed by atoms with E-state index in [2.05, 4.69) is 54.7 Å². The third-order valence-corrected chi connectivity index (χ3v) is 4.71. The molecule has 0 bridgehead atoms. The number of anilines is 1.